The first-order chi connectivity index (χ1) is 44.2. The van der Waals surface area contributed by atoms with E-state index >= 15 is 0 Å². The molecule has 92 heavy (non-hydrogen) atoms. The lowest BCUT2D eigenvalue weighted by Gasteiger charge is -2.59. The summed E-state index contributed by atoms with van der Waals surface area (Å²) in [5, 5.41) is 71.7. The number of anilines is 3. The Labute approximate surface area is 532 Å². The number of ether oxygens (including phenoxy) is 5. The molecule has 14 atom stereocenters. The summed E-state index contributed by atoms with van der Waals surface area (Å²) in [5.74, 6) is 2.30. The molecule has 4 aromatic carbocycles. The average Bonchev–Trinajstić information content (AvgIpc) is 1.45. The van der Waals surface area contributed by atoms with Gasteiger partial charge in [0, 0.05) is 76.7 Å². The van der Waals surface area contributed by atoms with Crippen LogP contribution in [0.15, 0.2) is 121 Å². The summed E-state index contributed by atoms with van der Waals surface area (Å²) in [6.45, 7) is 3.05. The van der Waals surface area contributed by atoms with E-state index in [2.05, 4.69) is 39.7 Å². The third kappa shape index (κ3) is 12.2. The number of carboxylic acid groups (broad SMARTS) is 1. The third-order valence-electron chi connectivity index (χ3n) is 19.3. The molecule has 3 aliphatic heterocycles. The number of hydrogen-bond acceptors (Lipinski definition) is 19. The molecule has 23 nitrogen and oxygen atoms in total. The maximum atomic E-state index is 14.1. The summed E-state index contributed by atoms with van der Waals surface area (Å²) in [6.07, 6.45) is -4.21. The Morgan fingerprint density at radius 3 is 2.38 bits per heavy atom. The van der Waals surface area contributed by atoms with Crippen molar-refractivity contribution in [3.63, 3.8) is 0 Å². The number of hydrogen-bond donors (Lipinski definition) is 9. The van der Waals surface area contributed by atoms with Crippen molar-refractivity contribution in [2.75, 3.05) is 28.7 Å². The number of carbonyl (C=O) groups excluding carboxylic acids is 6. The number of Topliss-reactive ketones (excluding diaryl/α,β-unsaturated/α-hetero) is 1. The Morgan fingerprint density at radius 1 is 0.848 bits per heavy atom. The van der Waals surface area contributed by atoms with Crippen LogP contribution in [-0.2, 0) is 67.3 Å². The molecule has 0 spiro atoms. The second kappa shape index (κ2) is 25.9. The number of carbonyl (C=O) groups is 7. The summed E-state index contributed by atoms with van der Waals surface area (Å²) in [4.78, 5) is 98.5. The number of aliphatic hydroxyl groups excluding tert-OH is 5. The van der Waals surface area contributed by atoms with Gasteiger partial charge in [-0.2, -0.15) is 0 Å². The molecule has 1 aromatic heterocycles. The van der Waals surface area contributed by atoms with Gasteiger partial charge in [0.05, 0.1) is 30.1 Å². The van der Waals surface area contributed by atoms with E-state index in [4.69, 9.17) is 23.7 Å². The number of para-hydroxylation sites is 1. The maximum Gasteiger partial charge on any atom is 0.413 e. The number of nitrogens with one attached hydrogen (secondary N) is 3. The molecule has 7 aliphatic rings. The van der Waals surface area contributed by atoms with E-state index in [0.29, 0.717) is 41.6 Å². The van der Waals surface area contributed by atoms with E-state index in [1.807, 2.05) is 73.7 Å². The molecule has 480 valence electrons. The number of aliphatic hydroxyl groups is 5. The molecule has 0 radical (unpaired) electrons. The van der Waals surface area contributed by atoms with Gasteiger partial charge in [-0.25, -0.2) is 14.6 Å². The number of carboxylic acids is 1. The van der Waals surface area contributed by atoms with Gasteiger partial charge >= 0.3 is 12.1 Å². The van der Waals surface area contributed by atoms with Crippen molar-refractivity contribution in [2.24, 2.45) is 28.6 Å². The quantitative estimate of drug-likeness (QED) is 0.0487. The Kier molecular flexibility index (Phi) is 17.9. The molecule has 9 N–H and O–H groups in total. The van der Waals surface area contributed by atoms with Gasteiger partial charge in [0.25, 0.3) is 0 Å². The highest BCUT2D eigenvalue weighted by Gasteiger charge is 2.76. The standard InChI is InChI=1S/C68H69N5O18S/c1-66-25-23-43(75)29-42(66)18-19-45-46-30-52-68(51(77)34-74,67(46,2)31-49(76)56(45)66)91-62(89-52)40-14-11-36(12-15-40)27-44-32-70-64(92-44)72-65(86)87-35-37-13-20-50(88-63-59(83)57(81)58(82)60(90-63)61(84)85)47(28-37)71-54(79)24-26-69-53(78)21-22-55(80)73-33-41-9-4-3-7-38(41)16-17-39-8-5-6-10-48(39)73/h3-15,20,23,25,28-29,32,45-46,49,52,56-60,62-63,74,76,81-83H,18-19,21-22,24,26-27,30-31,33-35H2,1-2H3,(H,69,78)(H,71,79)(H,84,85)(H,70,72,86)/t45-,46-,49-,52+,56+,57-,58-,59+,60-,62+,63+,66-,67-,68+/m0/s1. The van der Waals surface area contributed by atoms with Gasteiger partial charge < -0.3 is 69.9 Å². The van der Waals surface area contributed by atoms with E-state index in [1.54, 1.807) is 35.4 Å². The summed E-state index contributed by atoms with van der Waals surface area (Å²) < 4.78 is 30.1. The summed E-state index contributed by atoms with van der Waals surface area (Å²) in [5.41, 5.74) is 2.87. The van der Waals surface area contributed by atoms with Crippen LogP contribution in [0.1, 0.15) is 103 Å². The minimum Gasteiger partial charge on any atom is -0.479 e. The van der Waals surface area contributed by atoms with Crippen LogP contribution >= 0.6 is 11.3 Å². The van der Waals surface area contributed by atoms with E-state index in [0.717, 1.165) is 33.6 Å². The molecule has 24 heteroatoms. The van der Waals surface area contributed by atoms with Crippen LogP contribution in [0, 0.1) is 40.4 Å². The van der Waals surface area contributed by atoms with Crippen molar-refractivity contribution in [3.8, 4) is 17.6 Å². The van der Waals surface area contributed by atoms with Gasteiger partial charge in [0.2, 0.25) is 24.0 Å². The van der Waals surface area contributed by atoms with Crippen molar-refractivity contribution in [1.82, 2.24) is 10.3 Å². The molecule has 4 aliphatic carbocycles. The van der Waals surface area contributed by atoms with Gasteiger partial charge in [-0.1, -0.05) is 98.0 Å². The average molecular weight is 1280 g/mol. The summed E-state index contributed by atoms with van der Waals surface area (Å²) >= 11 is 1.20. The van der Waals surface area contributed by atoms with Crippen LogP contribution in [0.5, 0.6) is 5.75 Å². The van der Waals surface area contributed by atoms with Crippen LogP contribution in [0.25, 0.3) is 0 Å². The van der Waals surface area contributed by atoms with Gasteiger partial charge in [-0.05, 0) is 96.7 Å². The highest BCUT2D eigenvalue weighted by Crippen LogP contribution is 2.70. The Bertz CT molecular complexity index is 3880. The van der Waals surface area contributed by atoms with Crippen LogP contribution in [0.4, 0.5) is 21.3 Å². The zero-order valence-corrected chi connectivity index (χ0v) is 51.0. The van der Waals surface area contributed by atoms with Crippen molar-refractivity contribution >= 4 is 69.2 Å². The van der Waals surface area contributed by atoms with Crippen LogP contribution in [0.2, 0.25) is 0 Å². The number of aromatic nitrogens is 1. The fourth-order valence-electron chi connectivity index (χ4n) is 14.9. The zero-order valence-electron chi connectivity index (χ0n) is 50.2. The van der Waals surface area contributed by atoms with Crippen molar-refractivity contribution in [1.29, 1.82) is 0 Å². The fraction of sp³-hybridized carbons (Fsp3) is 0.412. The lowest BCUT2D eigenvalue weighted by molar-refractivity contribution is -0.271. The third-order valence-corrected chi connectivity index (χ3v) is 20.3. The minimum atomic E-state index is -2.00. The van der Waals surface area contributed by atoms with Crippen LogP contribution in [-0.4, -0.2) is 139 Å². The lowest BCUT2D eigenvalue weighted by Crippen LogP contribution is -2.63. The highest BCUT2D eigenvalue weighted by molar-refractivity contribution is 7.15. The van der Waals surface area contributed by atoms with Gasteiger partial charge in [-0.15, -0.1) is 11.3 Å². The fourth-order valence-corrected chi connectivity index (χ4v) is 15.7. The molecule has 5 fully saturated rings. The second-order valence-corrected chi connectivity index (χ2v) is 25.9. The highest BCUT2D eigenvalue weighted by atomic mass is 32.1. The van der Waals surface area contributed by atoms with Gasteiger partial charge in [0.1, 0.15) is 37.3 Å². The number of rotatable bonds is 18. The second-order valence-electron chi connectivity index (χ2n) is 24.8. The number of fused-ring (bicyclic) bond motifs is 9. The molecule has 3 saturated carbocycles. The summed E-state index contributed by atoms with van der Waals surface area (Å²) in [7, 11) is 0. The molecule has 12 rings (SSSR count). The Hall–Kier alpha value is -8.48. The Balaban J connectivity index is 0.650. The molecular weight excluding hydrogens is 1210 g/mol. The summed E-state index contributed by atoms with van der Waals surface area (Å²) in [6, 6.07) is 26.4. The number of benzene rings is 4. The van der Waals surface area contributed by atoms with Gasteiger partial charge in [0.15, 0.2) is 34.7 Å². The van der Waals surface area contributed by atoms with Crippen molar-refractivity contribution in [3.05, 3.63) is 159 Å². The number of nitrogens with zero attached hydrogens (tertiary/aromatic N) is 2. The first-order valence-corrected chi connectivity index (χ1v) is 31.3. The van der Waals surface area contributed by atoms with E-state index < -0.39 is 102 Å². The maximum absolute atomic E-state index is 14.1. The SMILES string of the molecule is C[C@]12C=CC(=O)C=C1CC[C@@H]1[C@@H]2[C@@H](O)C[C@@]2(C)[C@H]1C[C@H]1O[C@@H](c3ccc(Cc4cnc(NC(=O)OCc5ccc(O[C@@H]6O[C@H](C(=O)O)[C@@H](O)[C@H](O)[C@H]6O)c(NC(=O)CCNC(=O)CCC(=O)N6Cc7ccccc7C#Cc7ccccc76)c5)s4)cc3)O[C@]12C(=O)CO. The molecule has 0 bridgehead atoms. The number of thiazole rings is 1. The van der Waals surface area contributed by atoms with E-state index in [1.165, 1.54) is 29.5 Å². The number of ketones is 2. The first kappa shape index (κ1) is 63.7. The predicted molar refractivity (Wildman–Crippen MR) is 329 cm³/mol. The topological polar surface area (TPSA) is 339 Å². The lowest BCUT2D eigenvalue weighted by atomic mass is 9.46. The van der Waals surface area contributed by atoms with E-state index in [9.17, 15) is 64.2 Å². The van der Waals surface area contributed by atoms with Crippen molar-refractivity contribution in [2.45, 2.75) is 133 Å². The Morgan fingerprint density at radius 2 is 1.60 bits per heavy atom. The zero-order chi connectivity index (χ0) is 64.8. The van der Waals surface area contributed by atoms with Crippen LogP contribution < -0.4 is 25.6 Å². The predicted octanol–water partition coefficient (Wildman–Crippen LogP) is 5.53. The largest absolute Gasteiger partial charge is 0.479 e. The van der Waals surface area contributed by atoms with Gasteiger partial charge in [-0.3, -0.25) is 29.3 Å². The molecule has 4 amide bonds. The smallest absolute Gasteiger partial charge is 0.413 e. The van der Waals surface area contributed by atoms with E-state index in [-0.39, 0.29) is 91.4 Å². The van der Waals surface area contributed by atoms with Crippen molar-refractivity contribution < 1.29 is 87.9 Å². The molecule has 5 aromatic rings. The molecule has 2 saturated heterocycles. The molecule has 4 heterocycles. The number of amides is 4. The normalized spacial score (nSPS) is 29.8. The molecular formula is C68H69N5O18S. The number of allylic oxidation sites excluding steroid dienone is 4. The molecule has 0 unspecified atom stereocenters. The minimum absolute atomic E-state index is 0.0202. The van der Waals surface area contributed by atoms with Crippen LogP contribution in [0.3, 0.4) is 0 Å². The monoisotopic (exact) mass is 1280 g/mol. The first-order valence-electron chi connectivity index (χ1n) is 30.5. The number of aliphatic carboxylic acids is 1.